The summed E-state index contributed by atoms with van der Waals surface area (Å²) in [5, 5.41) is 9.88. The Hall–Kier alpha value is -4.18. The van der Waals surface area contributed by atoms with Crippen LogP contribution in [0.15, 0.2) is 66.7 Å². The van der Waals surface area contributed by atoms with E-state index in [1.165, 1.54) is 5.56 Å². The van der Waals surface area contributed by atoms with Crippen LogP contribution >= 0.6 is 11.6 Å². The van der Waals surface area contributed by atoms with E-state index in [2.05, 4.69) is 26.9 Å². The first-order valence-corrected chi connectivity index (χ1v) is 14.8. The zero-order valence-electron chi connectivity index (χ0n) is 23.8. The molecular weight excluding hydrogens is 566 g/mol. The Labute approximate surface area is 255 Å². The smallest absolute Gasteiger partial charge is 0.335 e. The van der Waals surface area contributed by atoms with Crippen LogP contribution < -0.4 is 15.4 Å². The molecule has 1 fully saturated rings. The minimum atomic E-state index is -0.930. The fourth-order valence-corrected chi connectivity index (χ4v) is 5.80. The second kappa shape index (κ2) is 13.0. The van der Waals surface area contributed by atoms with E-state index in [1.54, 1.807) is 18.2 Å². The highest BCUT2D eigenvalue weighted by Gasteiger charge is 2.27. The molecule has 1 aliphatic heterocycles. The van der Waals surface area contributed by atoms with Gasteiger partial charge in [-0.25, -0.2) is 9.78 Å². The predicted octanol–water partition coefficient (Wildman–Crippen LogP) is 5.09. The van der Waals surface area contributed by atoms with Gasteiger partial charge in [0.1, 0.15) is 18.2 Å². The average molecular weight is 600 g/mol. The number of nitrogens with zero attached hydrogens (tertiary/aromatic N) is 4. The van der Waals surface area contributed by atoms with Gasteiger partial charge in [-0.2, -0.15) is 4.98 Å². The van der Waals surface area contributed by atoms with Gasteiger partial charge in [-0.15, -0.1) is 0 Å². The summed E-state index contributed by atoms with van der Waals surface area (Å²) in [5.74, 6) is 1.12. The Kier molecular flexibility index (Phi) is 8.74. The van der Waals surface area contributed by atoms with Gasteiger partial charge < -0.3 is 25.2 Å². The van der Waals surface area contributed by atoms with Crippen LogP contribution in [-0.4, -0.2) is 65.3 Å². The average Bonchev–Trinajstić information content (AvgIpc) is 3.02. The third-order valence-corrected chi connectivity index (χ3v) is 8.22. The molecule has 0 unspecified atom stereocenters. The van der Waals surface area contributed by atoms with E-state index in [0.29, 0.717) is 24.8 Å². The van der Waals surface area contributed by atoms with Gasteiger partial charge in [-0.05, 0) is 72.0 Å². The van der Waals surface area contributed by atoms with Crippen molar-refractivity contribution in [2.24, 2.45) is 0 Å². The van der Waals surface area contributed by atoms with Crippen molar-refractivity contribution in [3.8, 4) is 17.0 Å². The van der Waals surface area contributed by atoms with E-state index < -0.39 is 5.97 Å². The monoisotopic (exact) mass is 599 g/mol. The maximum absolute atomic E-state index is 11.2. The number of hydrogen-bond acceptors (Lipinski definition) is 8. The van der Waals surface area contributed by atoms with E-state index in [1.807, 2.05) is 36.4 Å². The van der Waals surface area contributed by atoms with Crippen molar-refractivity contribution in [3.05, 3.63) is 99.6 Å². The number of aromatic carboxylic acids is 1. The zero-order chi connectivity index (χ0) is 29.8. The molecule has 43 heavy (non-hydrogen) atoms. The van der Waals surface area contributed by atoms with Gasteiger partial charge in [-0.1, -0.05) is 35.9 Å². The van der Waals surface area contributed by atoms with Crippen molar-refractivity contribution in [1.29, 1.82) is 0 Å². The molecule has 0 radical (unpaired) electrons. The van der Waals surface area contributed by atoms with Gasteiger partial charge in [0, 0.05) is 48.9 Å². The number of ether oxygens (including phenoxy) is 2. The SMILES string of the molecule is Nc1nc2c(c(N3CCN(CCOCc4cccc(C(=O)O)c4)CC3)n1)CCc1cc(OCc3ccc(Cl)cc3)ccc1-2. The fourth-order valence-electron chi connectivity index (χ4n) is 5.67. The minimum absolute atomic E-state index is 0.275. The van der Waals surface area contributed by atoms with Crippen LogP contribution in [0.1, 0.15) is 32.6 Å². The van der Waals surface area contributed by atoms with E-state index in [4.69, 9.17) is 31.8 Å². The number of benzene rings is 3. The second-order valence-corrected chi connectivity index (χ2v) is 11.3. The van der Waals surface area contributed by atoms with Crippen LogP contribution in [0.3, 0.4) is 0 Å². The van der Waals surface area contributed by atoms with Crippen molar-refractivity contribution in [2.75, 3.05) is 50.0 Å². The number of aryl methyl sites for hydroxylation is 1. The molecule has 0 saturated carbocycles. The van der Waals surface area contributed by atoms with Gasteiger partial charge in [0.15, 0.2) is 0 Å². The van der Waals surface area contributed by atoms with Crippen LogP contribution in [0.25, 0.3) is 11.3 Å². The molecular formula is C33H34ClN5O4. The molecule has 1 aliphatic carbocycles. The standard InChI is InChI=1S/C33H34ClN5O4/c34-26-7-4-22(5-8-26)21-43-27-9-11-28-24(19-27)6-10-29-30(28)36-33(35)37-31(29)39-14-12-38(13-15-39)16-17-42-20-23-2-1-3-25(18-23)32(40)41/h1-5,7-9,11,18-19H,6,10,12-17,20-21H2,(H,40,41)(H2,35,36,37). The molecule has 9 nitrogen and oxygen atoms in total. The molecule has 222 valence electrons. The maximum atomic E-state index is 11.2. The molecule has 4 aromatic rings. The molecule has 3 N–H and O–H groups in total. The van der Waals surface area contributed by atoms with Crippen LogP contribution in [0.5, 0.6) is 5.75 Å². The summed E-state index contributed by atoms with van der Waals surface area (Å²) in [6, 6.07) is 20.7. The Morgan fingerprint density at radius 3 is 2.53 bits per heavy atom. The molecule has 1 saturated heterocycles. The van der Waals surface area contributed by atoms with E-state index in [9.17, 15) is 9.90 Å². The third-order valence-electron chi connectivity index (χ3n) is 7.96. The van der Waals surface area contributed by atoms with E-state index in [0.717, 1.165) is 85.1 Å². The van der Waals surface area contributed by atoms with E-state index in [-0.39, 0.29) is 11.5 Å². The minimum Gasteiger partial charge on any atom is -0.489 e. The fraction of sp³-hybridized carbons (Fsp3) is 0.303. The lowest BCUT2D eigenvalue weighted by molar-refractivity contribution is 0.0695. The van der Waals surface area contributed by atoms with Crippen molar-refractivity contribution in [3.63, 3.8) is 0 Å². The number of carboxylic acid groups (broad SMARTS) is 1. The highest BCUT2D eigenvalue weighted by atomic mass is 35.5. The lowest BCUT2D eigenvalue weighted by Crippen LogP contribution is -2.48. The maximum Gasteiger partial charge on any atom is 0.335 e. The molecule has 2 aliphatic rings. The molecule has 0 amide bonds. The van der Waals surface area contributed by atoms with Crippen molar-refractivity contribution < 1.29 is 19.4 Å². The van der Waals surface area contributed by atoms with Gasteiger partial charge >= 0.3 is 5.97 Å². The summed E-state index contributed by atoms with van der Waals surface area (Å²) in [7, 11) is 0. The first-order valence-electron chi connectivity index (χ1n) is 14.5. The molecule has 2 heterocycles. The number of anilines is 2. The van der Waals surface area contributed by atoms with Gasteiger partial charge in [0.25, 0.3) is 0 Å². The lowest BCUT2D eigenvalue weighted by atomic mass is 9.88. The Morgan fingerprint density at radius 2 is 1.74 bits per heavy atom. The Morgan fingerprint density at radius 1 is 0.930 bits per heavy atom. The number of fused-ring (bicyclic) bond motifs is 3. The first-order chi connectivity index (χ1) is 20.9. The highest BCUT2D eigenvalue weighted by Crippen LogP contribution is 2.38. The molecule has 6 rings (SSSR count). The van der Waals surface area contributed by atoms with E-state index >= 15 is 0 Å². The predicted molar refractivity (Wildman–Crippen MR) is 167 cm³/mol. The molecule has 10 heteroatoms. The number of aromatic nitrogens is 2. The van der Waals surface area contributed by atoms with Crippen LogP contribution in [0.2, 0.25) is 5.02 Å². The Bertz CT molecular complexity index is 1610. The van der Waals surface area contributed by atoms with Crippen LogP contribution in [0.4, 0.5) is 11.8 Å². The van der Waals surface area contributed by atoms with Crippen molar-refractivity contribution >= 4 is 29.3 Å². The summed E-state index contributed by atoms with van der Waals surface area (Å²) in [6.45, 7) is 5.72. The van der Waals surface area contributed by atoms with Crippen molar-refractivity contribution in [1.82, 2.24) is 14.9 Å². The highest BCUT2D eigenvalue weighted by molar-refractivity contribution is 6.30. The molecule has 3 aromatic carbocycles. The lowest BCUT2D eigenvalue weighted by Gasteiger charge is -2.37. The number of carboxylic acids is 1. The quantitative estimate of drug-likeness (QED) is 0.240. The molecule has 0 atom stereocenters. The number of nitrogen functional groups attached to an aromatic ring is 1. The summed E-state index contributed by atoms with van der Waals surface area (Å²) in [6.07, 6.45) is 1.73. The topological polar surface area (TPSA) is 114 Å². The molecule has 0 bridgehead atoms. The van der Waals surface area contributed by atoms with Crippen LogP contribution in [-0.2, 0) is 30.8 Å². The first kappa shape index (κ1) is 28.9. The number of nitrogens with two attached hydrogens (primary N) is 1. The number of halogens is 1. The third kappa shape index (κ3) is 6.91. The van der Waals surface area contributed by atoms with Gasteiger partial charge in [0.05, 0.1) is 24.5 Å². The number of hydrogen-bond donors (Lipinski definition) is 2. The van der Waals surface area contributed by atoms with Gasteiger partial charge in [0.2, 0.25) is 5.95 Å². The summed E-state index contributed by atoms with van der Waals surface area (Å²) >= 11 is 6.00. The van der Waals surface area contributed by atoms with Gasteiger partial charge in [-0.3, -0.25) is 4.90 Å². The van der Waals surface area contributed by atoms with Crippen molar-refractivity contribution in [2.45, 2.75) is 26.1 Å². The number of carbonyl (C=O) groups is 1. The summed E-state index contributed by atoms with van der Waals surface area (Å²) in [5.41, 5.74) is 12.8. The summed E-state index contributed by atoms with van der Waals surface area (Å²) in [4.78, 5) is 25.2. The Balaban J connectivity index is 1.05. The largest absolute Gasteiger partial charge is 0.489 e. The zero-order valence-corrected chi connectivity index (χ0v) is 24.6. The number of piperazine rings is 1. The normalized spacial score (nSPS) is 14.7. The summed E-state index contributed by atoms with van der Waals surface area (Å²) < 4.78 is 11.9. The molecule has 1 aromatic heterocycles. The number of rotatable bonds is 10. The second-order valence-electron chi connectivity index (χ2n) is 10.9. The molecule has 0 spiro atoms. The van der Waals surface area contributed by atoms with Crippen LogP contribution in [0, 0.1) is 0 Å².